The SMILES string of the molecule is CSN1CCC(N2CCN(Cc3ccc4c(c3)OCC4)CC2)CC1. The minimum absolute atomic E-state index is 0.809. The van der Waals surface area contributed by atoms with E-state index in [1.165, 1.54) is 63.2 Å². The molecule has 0 atom stereocenters. The Morgan fingerprint density at radius 1 is 1.08 bits per heavy atom. The van der Waals surface area contributed by atoms with E-state index >= 15 is 0 Å². The smallest absolute Gasteiger partial charge is 0.122 e. The number of hydrogen-bond acceptors (Lipinski definition) is 5. The molecule has 0 saturated carbocycles. The van der Waals surface area contributed by atoms with E-state index in [0.717, 1.165) is 31.4 Å². The van der Waals surface area contributed by atoms with Crippen LogP contribution in [0.5, 0.6) is 5.75 Å². The first-order valence-electron chi connectivity index (χ1n) is 9.32. The van der Waals surface area contributed by atoms with Crippen molar-refractivity contribution in [3.8, 4) is 5.75 Å². The number of ether oxygens (including phenoxy) is 1. The Labute approximate surface area is 150 Å². The molecule has 0 spiro atoms. The van der Waals surface area contributed by atoms with E-state index < -0.39 is 0 Å². The van der Waals surface area contributed by atoms with Crippen molar-refractivity contribution in [2.45, 2.75) is 31.8 Å². The van der Waals surface area contributed by atoms with Crippen molar-refractivity contribution in [2.24, 2.45) is 0 Å². The Morgan fingerprint density at radius 3 is 2.62 bits per heavy atom. The van der Waals surface area contributed by atoms with Gasteiger partial charge in [-0.2, -0.15) is 0 Å². The fourth-order valence-corrected chi connectivity index (χ4v) is 4.82. The molecule has 0 unspecified atom stereocenters. The molecular weight excluding hydrogens is 318 g/mol. The van der Waals surface area contributed by atoms with Crippen molar-refractivity contribution < 1.29 is 4.74 Å². The molecule has 0 aliphatic carbocycles. The van der Waals surface area contributed by atoms with Crippen LogP contribution in [0.4, 0.5) is 0 Å². The van der Waals surface area contributed by atoms with E-state index in [1.807, 2.05) is 11.9 Å². The highest BCUT2D eigenvalue weighted by atomic mass is 32.2. The van der Waals surface area contributed by atoms with Crippen LogP contribution in [0.25, 0.3) is 0 Å². The number of benzene rings is 1. The van der Waals surface area contributed by atoms with Gasteiger partial charge in [0.05, 0.1) is 6.61 Å². The molecule has 1 aromatic rings. The molecule has 0 aromatic heterocycles. The molecule has 5 heteroatoms. The second-order valence-electron chi connectivity index (χ2n) is 7.20. The first kappa shape index (κ1) is 16.7. The zero-order valence-corrected chi connectivity index (χ0v) is 15.6. The van der Waals surface area contributed by atoms with Crippen LogP contribution < -0.4 is 4.74 Å². The topological polar surface area (TPSA) is 19.0 Å². The number of nitrogens with zero attached hydrogens (tertiary/aromatic N) is 3. The summed E-state index contributed by atoms with van der Waals surface area (Å²) in [4.78, 5) is 5.34. The standard InChI is InChI=1S/C19H29N3OS/c1-24-22-7-4-18(5-8-22)21-11-9-20(10-12-21)15-16-2-3-17-6-13-23-19(17)14-16/h2-3,14,18H,4-13,15H2,1H3. The van der Waals surface area contributed by atoms with Crippen molar-refractivity contribution in [2.75, 3.05) is 52.1 Å². The predicted molar refractivity (Wildman–Crippen MR) is 101 cm³/mol. The van der Waals surface area contributed by atoms with Crippen LogP contribution in [-0.2, 0) is 13.0 Å². The van der Waals surface area contributed by atoms with E-state index in [0.29, 0.717) is 0 Å². The van der Waals surface area contributed by atoms with E-state index in [9.17, 15) is 0 Å². The Bertz CT molecular complexity index is 552. The summed E-state index contributed by atoms with van der Waals surface area (Å²) in [5.41, 5.74) is 2.78. The lowest BCUT2D eigenvalue weighted by Crippen LogP contribution is -2.52. The Kier molecular flexibility index (Phi) is 5.32. The van der Waals surface area contributed by atoms with Gasteiger partial charge >= 0.3 is 0 Å². The molecule has 4 nitrogen and oxygen atoms in total. The largest absolute Gasteiger partial charge is 0.493 e. The summed E-state index contributed by atoms with van der Waals surface area (Å²) in [6, 6.07) is 7.61. The minimum atomic E-state index is 0.809. The monoisotopic (exact) mass is 347 g/mol. The molecule has 3 aliphatic heterocycles. The summed E-state index contributed by atoms with van der Waals surface area (Å²) in [6.45, 7) is 9.27. The van der Waals surface area contributed by atoms with Gasteiger partial charge in [-0.15, -0.1) is 0 Å². The fourth-order valence-electron chi connectivity index (χ4n) is 4.24. The average molecular weight is 348 g/mol. The van der Waals surface area contributed by atoms with Crippen molar-refractivity contribution in [3.63, 3.8) is 0 Å². The highest BCUT2D eigenvalue weighted by Crippen LogP contribution is 2.27. The average Bonchev–Trinajstić information content (AvgIpc) is 3.10. The van der Waals surface area contributed by atoms with Crippen LogP contribution in [0.15, 0.2) is 18.2 Å². The van der Waals surface area contributed by atoms with Crippen LogP contribution in [0.3, 0.4) is 0 Å². The normalized spacial score (nSPS) is 24.0. The summed E-state index contributed by atoms with van der Waals surface area (Å²) in [5, 5.41) is 0. The van der Waals surface area contributed by atoms with Crippen LogP contribution in [0, 0.1) is 0 Å². The maximum Gasteiger partial charge on any atom is 0.122 e. The van der Waals surface area contributed by atoms with Gasteiger partial charge in [0.2, 0.25) is 0 Å². The van der Waals surface area contributed by atoms with Crippen LogP contribution in [0.1, 0.15) is 24.0 Å². The molecule has 4 rings (SSSR count). The van der Waals surface area contributed by atoms with Gasteiger partial charge in [0.15, 0.2) is 0 Å². The van der Waals surface area contributed by atoms with Gasteiger partial charge in [0.1, 0.15) is 5.75 Å². The maximum absolute atomic E-state index is 5.71. The lowest BCUT2D eigenvalue weighted by atomic mass is 10.0. The van der Waals surface area contributed by atoms with Gasteiger partial charge in [-0.1, -0.05) is 24.1 Å². The van der Waals surface area contributed by atoms with Gasteiger partial charge in [-0.05, 0) is 36.3 Å². The first-order chi connectivity index (χ1) is 11.8. The first-order valence-corrected chi connectivity index (χ1v) is 10.5. The van der Waals surface area contributed by atoms with E-state index in [-0.39, 0.29) is 0 Å². The number of fused-ring (bicyclic) bond motifs is 1. The van der Waals surface area contributed by atoms with E-state index in [4.69, 9.17) is 4.74 Å². The van der Waals surface area contributed by atoms with Gasteiger partial charge in [-0.25, -0.2) is 0 Å². The predicted octanol–water partition coefficient (Wildman–Crippen LogP) is 2.48. The Balaban J connectivity index is 1.26. The minimum Gasteiger partial charge on any atom is -0.493 e. The molecule has 3 heterocycles. The second-order valence-corrected chi connectivity index (χ2v) is 8.08. The third-order valence-electron chi connectivity index (χ3n) is 5.77. The molecular formula is C19H29N3OS. The van der Waals surface area contributed by atoms with Gasteiger partial charge in [0, 0.05) is 58.3 Å². The van der Waals surface area contributed by atoms with E-state index in [1.54, 1.807) is 0 Å². The van der Waals surface area contributed by atoms with Crippen molar-refractivity contribution in [3.05, 3.63) is 29.3 Å². The highest BCUT2D eigenvalue weighted by Gasteiger charge is 2.27. The molecule has 2 saturated heterocycles. The number of piperazine rings is 1. The van der Waals surface area contributed by atoms with Crippen LogP contribution >= 0.6 is 11.9 Å². The van der Waals surface area contributed by atoms with E-state index in [2.05, 4.69) is 38.6 Å². The molecule has 0 N–H and O–H groups in total. The Hall–Kier alpha value is -0.750. The molecule has 24 heavy (non-hydrogen) atoms. The summed E-state index contributed by atoms with van der Waals surface area (Å²) in [7, 11) is 0. The summed E-state index contributed by atoms with van der Waals surface area (Å²) in [5.74, 6) is 1.12. The lowest BCUT2D eigenvalue weighted by molar-refractivity contribution is 0.0706. The Morgan fingerprint density at radius 2 is 1.88 bits per heavy atom. The molecule has 2 fully saturated rings. The summed E-state index contributed by atoms with van der Waals surface area (Å²) < 4.78 is 8.21. The number of piperidine rings is 1. The highest BCUT2D eigenvalue weighted by molar-refractivity contribution is 7.96. The molecule has 0 amide bonds. The molecule has 0 bridgehead atoms. The quantitative estimate of drug-likeness (QED) is 0.777. The molecule has 1 aromatic carbocycles. The van der Waals surface area contributed by atoms with Gasteiger partial charge in [-0.3, -0.25) is 14.1 Å². The molecule has 0 radical (unpaired) electrons. The molecule has 3 aliphatic rings. The third kappa shape index (κ3) is 3.74. The number of hydrogen-bond donors (Lipinski definition) is 0. The maximum atomic E-state index is 5.71. The summed E-state index contributed by atoms with van der Waals surface area (Å²) >= 11 is 1.90. The van der Waals surface area contributed by atoms with Crippen molar-refractivity contribution in [1.29, 1.82) is 0 Å². The van der Waals surface area contributed by atoms with Gasteiger partial charge < -0.3 is 4.74 Å². The van der Waals surface area contributed by atoms with Gasteiger partial charge in [0.25, 0.3) is 0 Å². The zero-order valence-electron chi connectivity index (χ0n) is 14.7. The number of rotatable bonds is 4. The fraction of sp³-hybridized carbons (Fsp3) is 0.684. The lowest BCUT2D eigenvalue weighted by Gasteiger charge is -2.42. The third-order valence-corrected chi connectivity index (χ3v) is 6.65. The van der Waals surface area contributed by atoms with Crippen LogP contribution in [0.2, 0.25) is 0 Å². The second kappa shape index (κ2) is 7.65. The van der Waals surface area contributed by atoms with Crippen molar-refractivity contribution >= 4 is 11.9 Å². The van der Waals surface area contributed by atoms with Crippen molar-refractivity contribution in [1.82, 2.24) is 14.1 Å². The molecule has 132 valence electrons. The summed E-state index contributed by atoms with van der Waals surface area (Å²) in [6.07, 6.45) is 5.94. The van der Waals surface area contributed by atoms with Crippen LogP contribution in [-0.4, -0.2) is 72.3 Å². The zero-order chi connectivity index (χ0) is 16.4.